The molecule has 0 aliphatic rings. The van der Waals surface area contributed by atoms with Crippen molar-refractivity contribution in [1.82, 2.24) is 19.4 Å². The van der Waals surface area contributed by atoms with Crippen molar-refractivity contribution in [2.45, 2.75) is 27.4 Å². The predicted octanol–water partition coefficient (Wildman–Crippen LogP) is 3.54. The van der Waals surface area contributed by atoms with Gasteiger partial charge >= 0.3 is 0 Å². The third-order valence-corrected chi connectivity index (χ3v) is 4.74. The molecular formula is C19H20N6OS. The van der Waals surface area contributed by atoms with Gasteiger partial charge in [0, 0.05) is 18.3 Å². The Morgan fingerprint density at radius 2 is 2.04 bits per heavy atom. The molecule has 1 N–H and O–H groups in total. The number of rotatable bonds is 5. The quantitative estimate of drug-likeness (QED) is 0.542. The van der Waals surface area contributed by atoms with E-state index in [1.54, 1.807) is 12.3 Å². The molecule has 27 heavy (non-hydrogen) atoms. The molecule has 0 bridgehead atoms. The summed E-state index contributed by atoms with van der Waals surface area (Å²) in [6.07, 6.45) is 1.67. The summed E-state index contributed by atoms with van der Waals surface area (Å²) in [7, 11) is 1.85. The van der Waals surface area contributed by atoms with E-state index >= 15 is 0 Å². The Morgan fingerprint density at radius 1 is 1.33 bits per heavy atom. The number of hydrogen-bond acceptors (Lipinski definition) is 5. The van der Waals surface area contributed by atoms with E-state index in [0.717, 1.165) is 28.1 Å². The van der Waals surface area contributed by atoms with Crippen LogP contribution in [0.1, 0.15) is 33.9 Å². The van der Waals surface area contributed by atoms with Crippen LogP contribution in [0.25, 0.3) is 0 Å². The van der Waals surface area contributed by atoms with Crippen molar-refractivity contribution in [3.63, 3.8) is 0 Å². The van der Waals surface area contributed by atoms with E-state index in [9.17, 15) is 0 Å². The molecule has 0 fully saturated rings. The first kappa shape index (κ1) is 18.6. The number of nitrogens with one attached hydrogen (secondary N) is 1. The van der Waals surface area contributed by atoms with Crippen LogP contribution in [0.2, 0.25) is 0 Å². The molecule has 3 rings (SSSR count). The van der Waals surface area contributed by atoms with Crippen LogP contribution in [0.3, 0.4) is 0 Å². The maximum Gasteiger partial charge on any atom is 0.216 e. The number of aromatic amines is 1. The number of hydrogen-bond donors (Lipinski definition) is 1. The second-order valence-electron chi connectivity index (χ2n) is 6.25. The molecule has 0 aliphatic carbocycles. The summed E-state index contributed by atoms with van der Waals surface area (Å²) in [6.45, 7) is 6.17. The molecular weight excluding hydrogens is 360 g/mol. The van der Waals surface area contributed by atoms with Crippen LogP contribution in [0.4, 0.5) is 0 Å². The number of nitriles is 1. The highest BCUT2D eigenvalue weighted by Gasteiger charge is 2.10. The van der Waals surface area contributed by atoms with Gasteiger partial charge in [-0.15, -0.1) is 0 Å². The smallest absolute Gasteiger partial charge is 0.216 e. The molecule has 138 valence electrons. The molecule has 0 radical (unpaired) electrons. The predicted molar refractivity (Wildman–Crippen MR) is 106 cm³/mol. The monoisotopic (exact) mass is 380 g/mol. The van der Waals surface area contributed by atoms with Crippen molar-refractivity contribution in [1.29, 1.82) is 5.26 Å². The molecule has 2 heterocycles. The van der Waals surface area contributed by atoms with Crippen LogP contribution in [0, 0.1) is 36.9 Å². The standard InChI is InChI=1S/C19H20N6OS/c1-12-6-5-7-13(2)18(12)26-11-17-22-23-19(27)25(17)21-10-15-8-16(9-20)24(4)14(15)3/h5-8,10H,11H2,1-4H3,(H,23,27)/b21-10-. The minimum absolute atomic E-state index is 0.230. The molecule has 0 saturated heterocycles. The van der Waals surface area contributed by atoms with Gasteiger partial charge in [0.15, 0.2) is 5.82 Å². The molecule has 0 atom stereocenters. The van der Waals surface area contributed by atoms with E-state index in [2.05, 4.69) is 21.4 Å². The van der Waals surface area contributed by atoms with Gasteiger partial charge < -0.3 is 9.30 Å². The molecule has 7 nitrogen and oxygen atoms in total. The van der Waals surface area contributed by atoms with Crippen LogP contribution >= 0.6 is 12.2 Å². The van der Waals surface area contributed by atoms with Crippen LogP contribution in [-0.2, 0) is 13.7 Å². The summed E-state index contributed by atoms with van der Waals surface area (Å²) in [6, 6.07) is 9.94. The number of ether oxygens (including phenoxy) is 1. The van der Waals surface area contributed by atoms with Crippen LogP contribution in [-0.4, -0.2) is 25.7 Å². The molecule has 0 unspecified atom stereocenters. The minimum atomic E-state index is 0.230. The Hall–Kier alpha value is -3.18. The number of para-hydroxylation sites is 1. The maximum absolute atomic E-state index is 9.15. The first-order valence-electron chi connectivity index (χ1n) is 8.38. The Kier molecular flexibility index (Phi) is 5.23. The highest BCUT2D eigenvalue weighted by Crippen LogP contribution is 2.23. The molecule has 0 amide bonds. The van der Waals surface area contributed by atoms with E-state index in [0.29, 0.717) is 16.3 Å². The van der Waals surface area contributed by atoms with Gasteiger partial charge in [-0.05, 0) is 50.2 Å². The lowest BCUT2D eigenvalue weighted by molar-refractivity contribution is 0.287. The van der Waals surface area contributed by atoms with E-state index in [4.69, 9.17) is 22.2 Å². The Bertz CT molecular complexity index is 1090. The summed E-state index contributed by atoms with van der Waals surface area (Å²) in [4.78, 5) is 0. The zero-order valence-corrected chi connectivity index (χ0v) is 16.5. The summed E-state index contributed by atoms with van der Waals surface area (Å²) >= 11 is 5.28. The van der Waals surface area contributed by atoms with Gasteiger partial charge in [-0.25, -0.2) is 5.10 Å². The molecule has 2 aromatic heterocycles. The first-order valence-corrected chi connectivity index (χ1v) is 8.79. The Morgan fingerprint density at radius 3 is 2.67 bits per heavy atom. The molecule has 0 aliphatic heterocycles. The second kappa shape index (κ2) is 7.60. The van der Waals surface area contributed by atoms with Crippen molar-refractivity contribution in [2.24, 2.45) is 12.1 Å². The highest BCUT2D eigenvalue weighted by atomic mass is 32.1. The minimum Gasteiger partial charge on any atom is -0.485 e. The molecule has 0 spiro atoms. The summed E-state index contributed by atoms with van der Waals surface area (Å²) < 4.78 is 9.68. The molecule has 1 aromatic carbocycles. The van der Waals surface area contributed by atoms with Gasteiger partial charge in [-0.2, -0.15) is 20.1 Å². The van der Waals surface area contributed by atoms with Gasteiger partial charge in [0.2, 0.25) is 4.77 Å². The molecule has 3 aromatic rings. The molecule has 8 heteroatoms. The number of nitrogens with zero attached hydrogens (tertiary/aromatic N) is 5. The van der Waals surface area contributed by atoms with Gasteiger partial charge in [-0.1, -0.05) is 18.2 Å². The van der Waals surface area contributed by atoms with Crippen LogP contribution in [0.5, 0.6) is 5.75 Å². The summed E-state index contributed by atoms with van der Waals surface area (Å²) in [5.74, 6) is 1.40. The average molecular weight is 380 g/mol. The van der Waals surface area contributed by atoms with Crippen molar-refractivity contribution >= 4 is 18.4 Å². The normalized spacial score (nSPS) is 11.1. The third kappa shape index (κ3) is 3.68. The van der Waals surface area contributed by atoms with Crippen LogP contribution < -0.4 is 4.74 Å². The summed E-state index contributed by atoms with van der Waals surface area (Å²) in [5.41, 5.74) is 4.48. The van der Waals surface area contributed by atoms with Gasteiger partial charge in [0.1, 0.15) is 24.1 Å². The first-order chi connectivity index (χ1) is 12.9. The van der Waals surface area contributed by atoms with E-state index in [1.165, 1.54) is 4.68 Å². The topological polar surface area (TPSA) is 83.9 Å². The van der Waals surface area contributed by atoms with Crippen molar-refractivity contribution in [3.8, 4) is 11.8 Å². The summed E-state index contributed by atoms with van der Waals surface area (Å²) in [5, 5.41) is 20.5. The lowest BCUT2D eigenvalue weighted by Gasteiger charge is -2.11. The van der Waals surface area contributed by atoms with Crippen molar-refractivity contribution in [3.05, 3.63) is 62.9 Å². The average Bonchev–Trinajstić information content (AvgIpc) is 3.13. The number of aromatic nitrogens is 4. The van der Waals surface area contributed by atoms with E-state index in [1.807, 2.05) is 50.6 Å². The van der Waals surface area contributed by atoms with Crippen LogP contribution in [0.15, 0.2) is 29.4 Å². The van der Waals surface area contributed by atoms with Crippen molar-refractivity contribution in [2.75, 3.05) is 0 Å². The highest BCUT2D eigenvalue weighted by molar-refractivity contribution is 7.71. The van der Waals surface area contributed by atoms with E-state index in [-0.39, 0.29) is 6.61 Å². The van der Waals surface area contributed by atoms with Gasteiger partial charge in [-0.3, -0.25) is 0 Å². The van der Waals surface area contributed by atoms with E-state index < -0.39 is 0 Å². The Balaban J connectivity index is 1.85. The Labute approximate surface area is 162 Å². The maximum atomic E-state index is 9.15. The lowest BCUT2D eigenvalue weighted by Crippen LogP contribution is -2.05. The second-order valence-corrected chi connectivity index (χ2v) is 6.64. The van der Waals surface area contributed by atoms with Crippen molar-refractivity contribution < 1.29 is 4.74 Å². The fourth-order valence-electron chi connectivity index (χ4n) is 2.78. The number of benzene rings is 1. The number of H-pyrrole nitrogens is 1. The zero-order chi connectivity index (χ0) is 19.6. The third-order valence-electron chi connectivity index (χ3n) is 4.47. The fourth-order valence-corrected chi connectivity index (χ4v) is 2.98. The number of aryl methyl sites for hydroxylation is 2. The fraction of sp³-hybridized carbons (Fsp3) is 0.263. The zero-order valence-electron chi connectivity index (χ0n) is 15.6. The van der Waals surface area contributed by atoms with Gasteiger partial charge in [0.25, 0.3) is 0 Å². The SMILES string of the molecule is Cc1cccc(C)c1OCc1n[nH]c(=S)n1/N=C\c1cc(C#N)n(C)c1C. The molecule has 0 saturated carbocycles. The lowest BCUT2D eigenvalue weighted by atomic mass is 10.1. The van der Waals surface area contributed by atoms with Gasteiger partial charge in [0.05, 0.1) is 6.21 Å². The largest absolute Gasteiger partial charge is 0.485 e.